The third kappa shape index (κ3) is 4.49. The Morgan fingerprint density at radius 3 is 2.67 bits per heavy atom. The monoisotopic (exact) mass is 406 g/mol. The standard InChI is InChI=1S/C24H30N4O2/c1-24(2,3)30-23(29)28-13-7-12-27(4)16-21(28)22-25-15-20(26-22)19-11-10-17-8-5-6-9-18(17)14-19/h5-6,8-11,14-15,21H,7,12-13,16H2,1-4H3,(H,25,26). The first kappa shape index (κ1) is 20.4. The van der Waals surface area contributed by atoms with E-state index < -0.39 is 5.60 Å². The summed E-state index contributed by atoms with van der Waals surface area (Å²) < 4.78 is 5.69. The molecule has 1 amide bonds. The Kier molecular flexibility index (Phi) is 5.52. The zero-order valence-electron chi connectivity index (χ0n) is 18.2. The molecule has 1 saturated heterocycles. The first-order valence-electron chi connectivity index (χ1n) is 10.5. The molecule has 6 heteroatoms. The molecule has 0 bridgehead atoms. The molecule has 1 unspecified atom stereocenters. The van der Waals surface area contributed by atoms with Gasteiger partial charge in [-0.3, -0.25) is 4.90 Å². The second-order valence-corrected chi connectivity index (χ2v) is 9.05. The highest BCUT2D eigenvalue weighted by molar-refractivity contribution is 5.86. The number of nitrogens with zero attached hydrogens (tertiary/aromatic N) is 3. The lowest BCUT2D eigenvalue weighted by Crippen LogP contribution is -2.41. The Hall–Kier alpha value is -2.86. The first-order valence-corrected chi connectivity index (χ1v) is 10.5. The van der Waals surface area contributed by atoms with Gasteiger partial charge in [0, 0.05) is 18.7 Å². The van der Waals surface area contributed by atoms with Gasteiger partial charge in [0.1, 0.15) is 17.5 Å². The molecule has 2 heterocycles. The number of nitrogens with one attached hydrogen (secondary N) is 1. The smallest absolute Gasteiger partial charge is 0.410 e. The Morgan fingerprint density at radius 1 is 1.13 bits per heavy atom. The third-order valence-corrected chi connectivity index (χ3v) is 5.40. The molecule has 6 nitrogen and oxygen atoms in total. The van der Waals surface area contributed by atoms with Gasteiger partial charge >= 0.3 is 6.09 Å². The number of hydrogen-bond acceptors (Lipinski definition) is 4. The molecule has 1 N–H and O–H groups in total. The van der Waals surface area contributed by atoms with E-state index in [4.69, 9.17) is 4.74 Å². The van der Waals surface area contributed by atoms with Gasteiger partial charge in [0.2, 0.25) is 0 Å². The fraction of sp³-hybridized carbons (Fsp3) is 0.417. The van der Waals surface area contributed by atoms with Crippen molar-refractivity contribution in [3.63, 3.8) is 0 Å². The summed E-state index contributed by atoms with van der Waals surface area (Å²) in [4.78, 5) is 25.1. The number of benzene rings is 2. The Bertz CT molecular complexity index is 1040. The predicted molar refractivity (Wildman–Crippen MR) is 119 cm³/mol. The number of aromatic amines is 1. The zero-order valence-corrected chi connectivity index (χ0v) is 18.2. The Labute approximate surface area is 177 Å². The topological polar surface area (TPSA) is 61.5 Å². The van der Waals surface area contributed by atoms with Crippen LogP contribution in [0.3, 0.4) is 0 Å². The van der Waals surface area contributed by atoms with Crippen molar-refractivity contribution in [1.29, 1.82) is 0 Å². The van der Waals surface area contributed by atoms with E-state index in [1.165, 1.54) is 10.8 Å². The zero-order chi connectivity index (χ0) is 21.3. The molecule has 4 rings (SSSR count). The van der Waals surface area contributed by atoms with E-state index in [1.54, 1.807) is 0 Å². The lowest BCUT2D eigenvalue weighted by atomic mass is 10.1. The molecule has 1 fully saturated rings. The summed E-state index contributed by atoms with van der Waals surface area (Å²) in [6, 6.07) is 14.5. The van der Waals surface area contributed by atoms with Crippen molar-refractivity contribution < 1.29 is 9.53 Å². The number of rotatable bonds is 2. The summed E-state index contributed by atoms with van der Waals surface area (Å²) in [5.74, 6) is 0.790. The van der Waals surface area contributed by atoms with Gasteiger partial charge in [-0.15, -0.1) is 0 Å². The van der Waals surface area contributed by atoms with Crippen molar-refractivity contribution in [2.75, 3.05) is 26.7 Å². The minimum atomic E-state index is -0.529. The fourth-order valence-corrected chi connectivity index (χ4v) is 3.93. The number of likely N-dealkylation sites (N-methyl/N-ethyl adjacent to an activating group) is 1. The summed E-state index contributed by atoms with van der Waals surface area (Å²) in [6.07, 6.45) is 2.48. The van der Waals surface area contributed by atoms with Crippen molar-refractivity contribution in [1.82, 2.24) is 19.8 Å². The first-order chi connectivity index (χ1) is 14.3. The van der Waals surface area contributed by atoms with Gasteiger partial charge in [-0.2, -0.15) is 0 Å². The van der Waals surface area contributed by atoms with Gasteiger partial charge in [0.05, 0.1) is 11.9 Å². The second-order valence-electron chi connectivity index (χ2n) is 9.05. The van der Waals surface area contributed by atoms with Gasteiger partial charge in [0.25, 0.3) is 0 Å². The molecule has 0 radical (unpaired) electrons. The van der Waals surface area contributed by atoms with Crippen LogP contribution in [-0.4, -0.2) is 58.1 Å². The average molecular weight is 407 g/mol. The minimum Gasteiger partial charge on any atom is -0.444 e. The van der Waals surface area contributed by atoms with Crippen LogP contribution in [0.25, 0.3) is 22.0 Å². The number of ether oxygens (including phenoxy) is 1. The van der Waals surface area contributed by atoms with E-state index in [9.17, 15) is 4.79 Å². The number of amides is 1. The molecule has 1 aromatic heterocycles. The lowest BCUT2D eigenvalue weighted by Gasteiger charge is -2.31. The van der Waals surface area contributed by atoms with Crippen LogP contribution >= 0.6 is 0 Å². The van der Waals surface area contributed by atoms with Gasteiger partial charge in [-0.1, -0.05) is 36.4 Å². The van der Waals surface area contributed by atoms with E-state index in [1.807, 2.05) is 44.0 Å². The van der Waals surface area contributed by atoms with Crippen LogP contribution in [0.1, 0.15) is 39.1 Å². The van der Waals surface area contributed by atoms with Crippen molar-refractivity contribution >= 4 is 16.9 Å². The van der Waals surface area contributed by atoms with Crippen LogP contribution in [-0.2, 0) is 4.74 Å². The maximum atomic E-state index is 12.9. The SMILES string of the molecule is CN1CCCN(C(=O)OC(C)(C)C)C(c2ncc(-c3ccc4ccccc4c3)[nH]2)C1. The summed E-state index contributed by atoms with van der Waals surface area (Å²) in [7, 11) is 2.08. The van der Waals surface area contributed by atoms with Gasteiger partial charge in [-0.25, -0.2) is 9.78 Å². The number of H-pyrrole nitrogens is 1. The van der Waals surface area contributed by atoms with Crippen LogP contribution in [0.5, 0.6) is 0 Å². The van der Waals surface area contributed by atoms with Crippen LogP contribution in [0, 0.1) is 0 Å². The maximum Gasteiger partial charge on any atom is 0.410 e. The van der Waals surface area contributed by atoms with Crippen molar-refractivity contribution in [3.8, 4) is 11.3 Å². The van der Waals surface area contributed by atoms with E-state index in [0.717, 1.165) is 30.0 Å². The largest absolute Gasteiger partial charge is 0.444 e. The molecule has 0 aliphatic carbocycles. The quantitative estimate of drug-likeness (QED) is 0.661. The van der Waals surface area contributed by atoms with Crippen LogP contribution in [0.2, 0.25) is 0 Å². The predicted octanol–water partition coefficient (Wildman–Crippen LogP) is 4.84. The number of carbonyl (C=O) groups excluding carboxylic acids is 1. The molecule has 1 aliphatic rings. The summed E-state index contributed by atoms with van der Waals surface area (Å²) >= 11 is 0. The molecule has 0 spiro atoms. The molecule has 1 aliphatic heterocycles. The molecular formula is C24H30N4O2. The van der Waals surface area contributed by atoms with Crippen molar-refractivity contribution in [2.24, 2.45) is 0 Å². The number of fused-ring (bicyclic) bond motifs is 1. The summed E-state index contributed by atoms with van der Waals surface area (Å²) in [6.45, 7) is 7.99. The Balaban J connectivity index is 1.64. The van der Waals surface area contributed by atoms with E-state index in [-0.39, 0.29) is 12.1 Å². The maximum absolute atomic E-state index is 12.9. The highest BCUT2D eigenvalue weighted by Gasteiger charge is 2.33. The molecule has 2 aromatic carbocycles. The second kappa shape index (κ2) is 8.11. The van der Waals surface area contributed by atoms with Gasteiger partial charge in [0.15, 0.2) is 0 Å². The van der Waals surface area contributed by atoms with Crippen LogP contribution in [0.15, 0.2) is 48.7 Å². The Morgan fingerprint density at radius 2 is 1.90 bits per heavy atom. The van der Waals surface area contributed by atoms with Crippen LogP contribution in [0.4, 0.5) is 4.79 Å². The molecule has 30 heavy (non-hydrogen) atoms. The molecule has 3 aromatic rings. The average Bonchev–Trinajstić information content (AvgIpc) is 3.10. The summed E-state index contributed by atoms with van der Waals surface area (Å²) in [5, 5.41) is 2.40. The van der Waals surface area contributed by atoms with Crippen molar-refractivity contribution in [2.45, 2.75) is 38.8 Å². The third-order valence-electron chi connectivity index (χ3n) is 5.40. The number of carbonyl (C=O) groups is 1. The molecule has 158 valence electrons. The lowest BCUT2D eigenvalue weighted by molar-refractivity contribution is 0.0155. The molecular weight excluding hydrogens is 376 g/mol. The van der Waals surface area contributed by atoms with Gasteiger partial charge in [-0.05, 0) is 57.6 Å². The number of aromatic nitrogens is 2. The highest BCUT2D eigenvalue weighted by atomic mass is 16.6. The normalized spacial score (nSPS) is 18.4. The van der Waals surface area contributed by atoms with Crippen molar-refractivity contribution in [3.05, 3.63) is 54.5 Å². The number of imidazole rings is 1. The number of hydrogen-bond donors (Lipinski definition) is 1. The molecule has 1 atom stereocenters. The van der Waals surface area contributed by atoms with E-state index >= 15 is 0 Å². The van der Waals surface area contributed by atoms with E-state index in [0.29, 0.717) is 13.1 Å². The van der Waals surface area contributed by atoms with E-state index in [2.05, 4.69) is 52.2 Å². The highest BCUT2D eigenvalue weighted by Crippen LogP contribution is 2.28. The summed E-state index contributed by atoms with van der Waals surface area (Å²) in [5.41, 5.74) is 1.50. The molecule has 0 saturated carbocycles. The van der Waals surface area contributed by atoms with Gasteiger partial charge < -0.3 is 14.6 Å². The van der Waals surface area contributed by atoms with Crippen LogP contribution < -0.4 is 0 Å². The fourth-order valence-electron chi connectivity index (χ4n) is 3.93. The minimum absolute atomic E-state index is 0.179.